The van der Waals surface area contributed by atoms with Crippen LogP contribution in [0.25, 0.3) is 0 Å². The van der Waals surface area contributed by atoms with Gasteiger partial charge < -0.3 is 16.0 Å². The molecule has 7 heteroatoms. The predicted molar refractivity (Wildman–Crippen MR) is 93.7 cm³/mol. The highest BCUT2D eigenvalue weighted by Crippen LogP contribution is 2.08. The molecule has 0 spiro atoms. The molecule has 3 amide bonds. The number of nitrogens with one attached hydrogen (secondary N) is 3. The number of hydrogen-bond acceptors (Lipinski definition) is 4. The molecule has 0 aliphatic carbocycles. The molecule has 0 saturated carbocycles. The Morgan fingerprint density at radius 1 is 1.04 bits per heavy atom. The number of benzene rings is 1. The second-order valence-corrected chi connectivity index (χ2v) is 6.21. The number of hydrogen-bond donors (Lipinski definition) is 3. The Labute approximate surface area is 144 Å². The summed E-state index contributed by atoms with van der Waals surface area (Å²) in [6.45, 7) is 1.43. The van der Waals surface area contributed by atoms with Gasteiger partial charge in [0.05, 0.1) is 13.0 Å². The monoisotopic (exact) mass is 345 g/mol. The maximum Gasteiger partial charge on any atom is 0.243 e. The molecule has 3 N–H and O–H groups in total. The van der Waals surface area contributed by atoms with Crippen molar-refractivity contribution < 1.29 is 14.4 Å². The molecule has 0 aliphatic rings. The molecule has 6 nitrogen and oxygen atoms in total. The van der Waals surface area contributed by atoms with Crippen LogP contribution in [0.3, 0.4) is 0 Å². The zero-order valence-electron chi connectivity index (χ0n) is 13.2. The summed E-state index contributed by atoms with van der Waals surface area (Å²) >= 11 is 1.49. The highest BCUT2D eigenvalue weighted by molar-refractivity contribution is 7.10. The SMILES string of the molecule is C[C@H](NC(=O)Cc1cccs1)C(=O)NCC(=O)Nc1ccccc1. The van der Waals surface area contributed by atoms with E-state index in [9.17, 15) is 14.4 Å². The lowest BCUT2D eigenvalue weighted by Crippen LogP contribution is -2.47. The van der Waals surface area contributed by atoms with Gasteiger partial charge in [-0.25, -0.2) is 0 Å². The van der Waals surface area contributed by atoms with Crippen LogP contribution >= 0.6 is 11.3 Å². The molecule has 1 atom stereocenters. The Morgan fingerprint density at radius 2 is 1.79 bits per heavy atom. The van der Waals surface area contributed by atoms with Crippen molar-refractivity contribution in [3.8, 4) is 0 Å². The van der Waals surface area contributed by atoms with Crippen molar-refractivity contribution in [2.45, 2.75) is 19.4 Å². The minimum Gasteiger partial charge on any atom is -0.345 e. The lowest BCUT2D eigenvalue weighted by Gasteiger charge is -2.14. The number of rotatable bonds is 7. The lowest BCUT2D eigenvalue weighted by atomic mass is 10.2. The third-order valence-corrected chi connectivity index (χ3v) is 4.04. The Bertz CT molecular complexity index is 686. The summed E-state index contributed by atoms with van der Waals surface area (Å²) in [6, 6.07) is 12.0. The minimum atomic E-state index is -0.706. The van der Waals surface area contributed by atoms with E-state index in [1.165, 1.54) is 11.3 Å². The zero-order valence-corrected chi connectivity index (χ0v) is 14.1. The Kier molecular flexibility index (Phi) is 6.51. The van der Waals surface area contributed by atoms with Crippen LogP contribution in [0.15, 0.2) is 47.8 Å². The fraction of sp³-hybridized carbons (Fsp3) is 0.235. The lowest BCUT2D eigenvalue weighted by molar-refractivity contribution is -0.129. The molecule has 1 aromatic carbocycles. The van der Waals surface area contributed by atoms with E-state index in [2.05, 4.69) is 16.0 Å². The van der Waals surface area contributed by atoms with Crippen LogP contribution in [0.1, 0.15) is 11.8 Å². The number of amides is 3. The quantitative estimate of drug-likeness (QED) is 0.711. The predicted octanol–water partition coefficient (Wildman–Crippen LogP) is 1.55. The molecule has 0 fully saturated rings. The van der Waals surface area contributed by atoms with Gasteiger partial charge in [-0.3, -0.25) is 14.4 Å². The van der Waals surface area contributed by atoms with E-state index in [1.807, 2.05) is 23.6 Å². The van der Waals surface area contributed by atoms with Gasteiger partial charge in [-0.15, -0.1) is 11.3 Å². The molecule has 0 bridgehead atoms. The van der Waals surface area contributed by atoms with Crippen LogP contribution in [-0.2, 0) is 20.8 Å². The smallest absolute Gasteiger partial charge is 0.243 e. The van der Waals surface area contributed by atoms with Crippen molar-refractivity contribution >= 4 is 34.7 Å². The van der Waals surface area contributed by atoms with Crippen LogP contribution in [0.4, 0.5) is 5.69 Å². The van der Waals surface area contributed by atoms with E-state index in [0.717, 1.165) is 4.88 Å². The first-order chi connectivity index (χ1) is 11.5. The average molecular weight is 345 g/mol. The number of carbonyl (C=O) groups is 3. The molecule has 0 saturated heterocycles. The van der Waals surface area contributed by atoms with Crippen LogP contribution in [0.2, 0.25) is 0 Å². The van der Waals surface area contributed by atoms with E-state index in [0.29, 0.717) is 5.69 Å². The fourth-order valence-electron chi connectivity index (χ4n) is 1.98. The Morgan fingerprint density at radius 3 is 2.46 bits per heavy atom. The van der Waals surface area contributed by atoms with Crippen molar-refractivity contribution in [2.24, 2.45) is 0 Å². The number of para-hydroxylation sites is 1. The molecule has 2 rings (SSSR count). The summed E-state index contributed by atoms with van der Waals surface area (Å²) in [4.78, 5) is 36.5. The van der Waals surface area contributed by atoms with Gasteiger partial charge in [-0.2, -0.15) is 0 Å². The highest BCUT2D eigenvalue weighted by Gasteiger charge is 2.16. The van der Waals surface area contributed by atoms with Gasteiger partial charge in [0.25, 0.3) is 0 Å². The van der Waals surface area contributed by atoms with Crippen molar-refractivity contribution in [1.82, 2.24) is 10.6 Å². The molecule has 126 valence electrons. The van der Waals surface area contributed by atoms with E-state index < -0.39 is 11.9 Å². The van der Waals surface area contributed by atoms with E-state index in [-0.39, 0.29) is 24.8 Å². The summed E-state index contributed by atoms with van der Waals surface area (Å²) in [6.07, 6.45) is 0.240. The van der Waals surface area contributed by atoms with Gasteiger partial charge in [0.1, 0.15) is 6.04 Å². The van der Waals surface area contributed by atoms with Gasteiger partial charge in [0.2, 0.25) is 17.7 Å². The van der Waals surface area contributed by atoms with Crippen molar-refractivity contribution in [1.29, 1.82) is 0 Å². The van der Waals surface area contributed by atoms with Crippen molar-refractivity contribution in [2.75, 3.05) is 11.9 Å². The van der Waals surface area contributed by atoms with Crippen molar-refractivity contribution in [3.63, 3.8) is 0 Å². The topological polar surface area (TPSA) is 87.3 Å². The summed E-state index contributed by atoms with van der Waals surface area (Å²) < 4.78 is 0. The van der Waals surface area contributed by atoms with Crippen LogP contribution in [0.5, 0.6) is 0 Å². The summed E-state index contributed by atoms with van der Waals surface area (Å²) in [5.41, 5.74) is 0.661. The molecule has 0 unspecified atom stereocenters. The first kappa shape index (κ1) is 17.7. The van der Waals surface area contributed by atoms with Gasteiger partial charge >= 0.3 is 0 Å². The normalized spacial score (nSPS) is 11.4. The van der Waals surface area contributed by atoms with Gasteiger partial charge in [-0.1, -0.05) is 24.3 Å². The number of thiophene rings is 1. The van der Waals surface area contributed by atoms with E-state index >= 15 is 0 Å². The average Bonchev–Trinajstić information content (AvgIpc) is 3.06. The third kappa shape index (κ3) is 5.85. The fourth-order valence-corrected chi connectivity index (χ4v) is 2.68. The van der Waals surface area contributed by atoms with Gasteiger partial charge in [0.15, 0.2) is 0 Å². The van der Waals surface area contributed by atoms with Gasteiger partial charge in [-0.05, 0) is 30.5 Å². The molecule has 0 aliphatic heterocycles. The Balaban J connectivity index is 1.71. The highest BCUT2D eigenvalue weighted by atomic mass is 32.1. The second-order valence-electron chi connectivity index (χ2n) is 5.18. The van der Waals surface area contributed by atoms with E-state index in [4.69, 9.17) is 0 Å². The van der Waals surface area contributed by atoms with Crippen molar-refractivity contribution in [3.05, 3.63) is 52.7 Å². The third-order valence-electron chi connectivity index (χ3n) is 3.17. The molecule has 24 heavy (non-hydrogen) atoms. The number of anilines is 1. The summed E-state index contributed by atoms with van der Waals surface area (Å²) in [5, 5.41) is 9.68. The summed E-state index contributed by atoms with van der Waals surface area (Å²) in [7, 11) is 0. The van der Waals surface area contributed by atoms with Crippen LogP contribution < -0.4 is 16.0 Å². The Hall–Kier alpha value is -2.67. The molecule has 1 aromatic heterocycles. The molecular formula is C17H19N3O3S. The second kappa shape index (κ2) is 8.83. The molecule has 2 aromatic rings. The largest absolute Gasteiger partial charge is 0.345 e. The van der Waals surface area contributed by atoms with E-state index in [1.54, 1.807) is 31.2 Å². The standard InChI is InChI=1S/C17H19N3O3S/c1-12(19-15(21)10-14-8-5-9-24-14)17(23)18-11-16(22)20-13-6-3-2-4-7-13/h2-9,12H,10-11H2,1H3,(H,18,23)(H,19,21)(H,20,22)/t12-/m0/s1. The van der Waals surface area contributed by atoms with Gasteiger partial charge in [0, 0.05) is 10.6 Å². The summed E-state index contributed by atoms with van der Waals surface area (Å²) in [5.74, 6) is -0.960. The van der Waals surface area contributed by atoms with Crippen LogP contribution in [-0.4, -0.2) is 30.3 Å². The molecule has 0 radical (unpaired) electrons. The minimum absolute atomic E-state index is 0.154. The first-order valence-corrected chi connectivity index (χ1v) is 8.37. The zero-order chi connectivity index (χ0) is 17.4. The maximum atomic E-state index is 11.9. The first-order valence-electron chi connectivity index (χ1n) is 7.49. The van der Waals surface area contributed by atoms with Crippen LogP contribution in [0, 0.1) is 0 Å². The maximum absolute atomic E-state index is 11.9. The molecule has 1 heterocycles. The number of carbonyl (C=O) groups excluding carboxylic acids is 3. The molecular weight excluding hydrogens is 326 g/mol.